The van der Waals surface area contributed by atoms with Gasteiger partial charge in [0, 0.05) is 13.5 Å². The molecule has 3 atom stereocenters. The van der Waals surface area contributed by atoms with Gasteiger partial charge in [-0.3, -0.25) is 4.79 Å². The summed E-state index contributed by atoms with van der Waals surface area (Å²) in [5.41, 5.74) is 0.988. The molecule has 5 nitrogen and oxygen atoms in total. The van der Waals surface area contributed by atoms with Gasteiger partial charge in [-0.15, -0.1) is 0 Å². The molecule has 0 N–H and O–H groups in total. The van der Waals surface area contributed by atoms with Gasteiger partial charge in [0.05, 0.1) is 0 Å². The molecule has 1 aromatic carbocycles. The number of hydrogen-bond donors (Lipinski definition) is 0. The Morgan fingerprint density at radius 3 is 2.32 bits per heavy atom. The Morgan fingerprint density at radius 1 is 1.09 bits per heavy atom. The molecule has 1 aromatic rings. The number of ether oxygens (including phenoxy) is 4. The maximum absolute atomic E-state index is 12.2. The first-order chi connectivity index (χ1) is 10.6. The summed E-state index contributed by atoms with van der Waals surface area (Å²) >= 11 is 0. The Morgan fingerprint density at radius 2 is 1.73 bits per heavy atom. The van der Waals surface area contributed by atoms with Gasteiger partial charge in [-0.1, -0.05) is 30.3 Å². The number of carbonyl (C=O) groups is 1. The fraction of sp³-hybridized carbons (Fsp3) is 0.471. The number of cyclic esters (lactones) is 1. The SMILES string of the molecule is COC(c1ccccc1)C1CC(C2OC(C)=C(C)O2)C(=O)O1. The molecule has 0 bridgehead atoms. The van der Waals surface area contributed by atoms with E-state index in [1.165, 1.54) is 0 Å². The Balaban J connectivity index is 1.71. The molecule has 22 heavy (non-hydrogen) atoms. The number of hydrogen-bond acceptors (Lipinski definition) is 5. The lowest BCUT2D eigenvalue weighted by Gasteiger charge is -2.21. The Hall–Kier alpha value is -2.01. The van der Waals surface area contributed by atoms with Crippen molar-refractivity contribution in [1.29, 1.82) is 0 Å². The van der Waals surface area contributed by atoms with E-state index in [4.69, 9.17) is 18.9 Å². The summed E-state index contributed by atoms with van der Waals surface area (Å²) in [7, 11) is 1.62. The quantitative estimate of drug-likeness (QED) is 0.801. The van der Waals surface area contributed by atoms with Crippen LogP contribution in [0.4, 0.5) is 0 Å². The number of methoxy groups -OCH3 is 1. The van der Waals surface area contributed by atoms with E-state index < -0.39 is 12.2 Å². The summed E-state index contributed by atoms with van der Waals surface area (Å²) in [4.78, 5) is 12.2. The third kappa shape index (κ3) is 2.68. The molecule has 0 amide bonds. The van der Waals surface area contributed by atoms with E-state index >= 15 is 0 Å². The molecule has 2 aliphatic rings. The van der Waals surface area contributed by atoms with Crippen molar-refractivity contribution in [2.24, 2.45) is 5.92 Å². The van der Waals surface area contributed by atoms with Crippen molar-refractivity contribution in [1.82, 2.24) is 0 Å². The molecule has 0 spiro atoms. The van der Waals surface area contributed by atoms with Crippen LogP contribution in [0.3, 0.4) is 0 Å². The second-order valence-electron chi connectivity index (χ2n) is 5.60. The van der Waals surface area contributed by atoms with Gasteiger partial charge >= 0.3 is 5.97 Å². The van der Waals surface area contributed by atoms with Crippen LogP contribution in [-0.2, 0) is 23.7 Å². The highest BCUT2D eigenvalue weighted by Crippen LogP contribution is 2.38. The van der Waals surface area contributed by atoms with Crippen molar-refractivity contribution in [3.63, 3.8) is 0 Å². The lowest BCUT2D eigenvalue weighted by molar-refractivity contribution is -0.157. The maximum atomic E-state index is 12.2. The van der Waals surface area contributed by atoms with Crippen molar-refractivity contribution in [3.05, 3.63) is 47.4 Å². The number of allylic oxidation sites excluding steroid dienone is 2. The standard InChI is InChI=1S/C17H20O5/c1-10-11(2)21-17(20-10)13-9-14(22-16(13)18)15(19-3)12-7-5-4-6-8-12/h4-8,13-15,17H,9H2,1-3H3. The van der Waals surface area contributed by atoms with Crippen LogP contribution >= 0.6 is 0 Å². The zero-order chi connectivity index (χ0) is 15.7. The Kier molecular flexibility index (Phi) is 4.07. The van der Waals surface area contributed by atoms with E-state index in [-0.39, 0.29) is 18.2 Å². The molecule has 118 valence electrons. The van der Waals surface area contributed by atoms with Crippen LogP contribution in [0.15, 0.2) is 41.9 Å². The normalized spacial score (nSPS) is 26.6. The minimum Gasteiger partial charge on any atom is -0.459 e. The van der Waals surface area contributed by atoms with Crippen molar-refractivity contribution in [3.8, 4) is 0 Å². The highest BCUT2D eigenvalue weighted by molar-refractivity contribution is 5.75. The predicted octanol–water partition coefficient (Wildman–Crippen LogP) is 2.93. The van der Waals surface area contributed by atoms with Gasteiger partial charge in [-0.05, 0) is 19.4 Å². The molecule has 3 unspecified atom stereocenters. The summed E-state index contributed by atoms with van der Waals surface area (Å²) in [6.07, 6.45) is -0.701. The highest BCUT2D eigenvalue weighted by Gasteiger charge is 2.47. The molecular weight excluding hydrogens is 284 g/mol. The second kappa shape index (κ2) is 6.01. The first-order valence-corrected chi connectivity index (χ1v) is 7.39. The van der Waals surface area contributed by atoms with E-state index in [2.05, 4.69) is 0 Å². The number of rotatable bonds is 4. The van der Waals surface area contributed by atoms with Crippen LogP contribution < -0.4 is 0 Å². The first-order valence-electron chi connectivity index (χ1n) is 7.39. The molecule has 2 heterocycles. The minimum absolute atomic E-state index is 0.285. The first kappa shape index (κ1) is 14.9. The molecule has 2 aliphatic heterocycles. The van der Waals surface area contributed by atoms with E-state index in [0.29, 0.717) is 17.9 Å². The van der Waals surface area contributed by atoms with E-state index in [1.54, 1.807) is 7.11 Å². The summed E-state index contributed by atoms with van der Waals surface area (Å²) < 4.78 is 22.3. The Bertz CT molecular complexity index is 566. The monoisotopic (exact) mass is 304 g/mol. The van der Waals surface area contributed by atoms with E-state index in [0.717, 1.165) is 5.56 Å². The smallest absolute Gasteiger partial charge is 0.317 e. The maximum Gasteiger partial charge on any atom is 0.317 e. The van der Waals surface area contributed by atoms with Crippen LogP contribution in [-0.4, -0.2) is 25.5 Å². The van der Waals surface area contributed by atoms with Crippen molar-refractivity contribution >= 4 is 5.97 Å². The number of esters is 1. The fourth-order valence-corrected chi connectivity index (χ4v) is 2.89. The second-order valence-corrected chi connectivity index (χ2v) is 5.60. The molecule has 0 aliphatic carbocycles. The molecular formula is C17H20O5. The third-order valence-corrected chi connectivity index (χ3v) is 4.19. The lowest BCUT2D eigenvalue weighted by Crippen LogP contribution is -2.26. The van der Waals surface area contributed by atoms with Gasteiger partial charge < -0.3 is 18.9 Å². The number of carbonyl (C=O) groups excluding carboxylic acids is 1. The zero-order valence-electron chi connectivity index (χ0n) is 12.9. The summed E-state index contributed by atoms with van der Waals surface area (Å²) in [6.45, 7) is 3.66. The van der Waals surface area contributed by atoms with Gasteiger partial charge in [0.15, 0.2) is 0 Å². The van der Waals surface area contributed by atoms with Crippen LogP contribution in [0.1, 0.15) is 31.9 Å². The van der Waals surface area contributed by atoms with E-state index in [1.807, 2.05) is 44.2 Å². The molecule has 0 saturated carbocycles. The molecule has 5 heteroatoms. The summed E-state index contributed by atoms with van der Waals surface area (Å²) in [5, 5.41) is 0. The lowest BCUT2D eigenvalue weighted by atomic mass is 9.97. The zero-order valence-corrected chi connectivity index (χ0v) is 12.9. The summed E-state index contributed by atoms with van der Waals surface area (Å²) in [6, 6.07) is 9.75. The number of benzene rings is 1. The average molecular weight is 304 g/mol. The van der Waals surface area contributed by atoms with Gasteiger partial charge in [-0.25, -0.2) is 0 Å². The van der Waals surface area contributed by atoms with Gasteiger partial charge in [0.1, 0.15) is 29.6 Å². The Labute approximate surface area is 129 Å². The fourth-order valence-electron chi connectivity index (χ4n) is 2.89. The third-order valence-electron chi connectivity index (χ3n) is 4.19. The van der Waals surface area contributed by atoms with Crippen LogP contribution in [0.2, 0.25) is 0 Å². The minimum atomic E-state index is -0.592. The van der Waals surface area contributed by atoms with Gasteiger partial charge in [0.2, 0.25) is 0 Å². The molecule has 0 aromatic heterocycles. The van der Waals surface area contributed by atoms with E-state index in [9.17, 15) is 4.79 Å². The molecule has 3 rings (SSSR count). The molecule has 1 fully saturated rings. The van der Waals surface area contributed by atoms with Crippen molar-refractivity contribution < 1.29 is 23.7 Å². The van der Waals surface area contributed by atoms with Gasteiger partial charge in [0.25, 0.3) is 6.29 Å². The summed E-state index contributed by atoms with van der Waals surface area (Å²) in [5.74, 6) is 0.703. The van der Waals surface area contributed by atoms with Crippen LogP contribution in [0.25, 0.3) is 0 Å². The largest absolute Gasteiger partial charge is 0.459 e. The van der Waals surface area contributed by atoms with Crippen LogP contribution in [0.5, 0.6) is 0 Å². The van der Waals surface area contributed by atoms with Crippen molar-refractivity contribution in [2.45, 2.75) is 38.8 Å². The van der Waals surface area contributed by atoms with Crippen LogP contribution in [0, 0.1) is 5.92 Å². The van der Waals surface area contributed by atoms with Crippen molar-refractivity contribution in [2.75, 3.05) is 7.11 Å². The predicted molar refractivity (Wildman–Crippen MR) is 78.5 cm³/mol. The molecule has 1 saturated heterocycles. The molecule has 0 radical (unpaired) electrons. The van der Waals surface area contributed by atoms with Gasteiger partial charge in [-0.2, -0.15) is 0 Å². The highest BCUT2D eigenvalue weighted by atomic mass is 16.7. The average Bonchev–Trinajstić information content (AvgIpc) is 3.04. The topological polar surface area (TPSA) is 54.0 Å².